The Hall–Kier alpha value is -1.77. The Kier molecular flexibility index (Phi) is 3.73. The molecule has 1 aromatic rings. The molecule has 3 nitrogen and oxygen atoms in total. The van der Waals surface area contributed by atoms with Crippen molar-refractivity contribution in [1.29, 1.82) is 0 Å². The Labute approximate surface area is 83.9 Å². The zero-order valence-electron chi connectivity index (χ0n) is 8.23. The lowest BCUT2D eigenvalue weighted by Crippen LogP contribution is -2.13. The van der Waals surface area contributed by atoms with Gasteiger partial charge in [0, 0.05) is 5.56 Å². The van der Waals surface area contributed by atoms with E-state index in [-0.39, 0.29) is 0 Å². The van der Waals surface area contributed by atoms with Gasteiger partial charge in [0.1, 0.15) is 11.6 Å². The molecular formula is C11H14N2O. The van der Waals surface area contributed by atoms with Gasteiger partial charge < -0.3 is 10.5 Å². The molecule has 0 heterocycles. The number of hydrogen-bond donors (Lipinski definition) is 1. The second-order valence-corrected chi connectivity index (χ2v) is 2.74. The molecule has 0 radical (unpaired) electrons. The predicted octanol–water partition coefficient (Wildman–Crippen LogP) is 1.59. The molecule has 74 valence electrons. The fourth-order valence-corrected chi connectivity index (χ4v) is 1.02. The first kappa shape index (κ1) is 10.3. The van der Waals surface area contributed by atoms with Crippen LogP contribution >= 0.6 is 0 Å². The second kappa shape index (κ2) is 5.07. The van der Waals surface area contributed by atoms with Crippen molar-refractivity contribution in [3.63, 3.8) is 0 Å². The fourth-order valence-electron chi connectivity index (χ4n) is 1.02. The van der Waals surface area contributed by atoms with Gasteiger partial charge in [0.2, 0.25) is 0 Å². The van der Waals surface area contributed by atoms with Gasteiger partial charge in [-0.25, -0.2) is 0 Å². The van der Waals surface area contributed by atoms with Gasteiger partial charge in [-0.2, -0.15) is 0 Å². The molecule has 0 unspecified atom stereocenters. The third-order valence-corrected chi connectivity index (χ3v) is 1.78. The lowest BCUT2D eigenvalue weighted by Gasteiger charge is -2.02. The molecule has 0 aromatic heterocycles. The van der Waals surface area contributed by atoms with E-state index in [1.54, 1.807) is 13.2 Å². The Balaban J connectivity index is 2.80. The summed E-state index contributed by atoms with van der Waals surface area (Å²) in [6.45, 7) is 4.11. The molecular weight excluding hydrogens is 176 g/mol. The maximum absolute atomic E-state index is 5.73. The Bertz CT molecular complexity index is 328. The number of methoxy groups -OCH3 is 1. The second-order valence-electron chi connectivity index (χ2n) is 2.74. The van der Waals surface area contributed by atoms with Crippen LogP contribution in [0.25, 0.3) is 0 Å². The van der Waals surface area contributed by atoms with Gasteiger partial charge >= 0.3 is 0 Å². The van der Waals surface area contributed by atoms with Crippen molar-refractivity contribution in [2.24, 2.45) is 10.7 Å². The SMILES string of the molecule is C=CCN=C(N)c1ccc(OC)cc1. The first-order valence-corrected chi connectivity index (χ1v) is 4.33. The summed E-state index contributed by atoms with van der Waals surface area (Å²) in [6, 6.07) is 7.46. The van der Waals surface area contributed by atoms with E-state index in [4.69, 9.17) is 10.5 Å². The number of hydrogen-bond acceptors (Lipinski definition) is 2. The number of rotatable bonds is 4. The van der Waals surface area contributed by atoms with Gasteiger partial charge in [-0.3, -0.25) is 4.99 Å². The molecule has 0 atom stereocenters. The fraction of sp³-hybridized carbons (Fsp3) is 0.182. The predicted molar refractivity (Wildman–Crippen MR) is 58.8 cm³/mol. The monoisotopic (exact) mass is 190 g/mol. The molecule has 0 amide bonds. The van der Waals surface area contributed by atoms with E-state index >= 15 is 0 Å². The van der Waals surface area contributed by atoms with Crippen LogP contribution in [0.3, 0.4) is 0 Å². The Morgan fingerprint density at radius 2 is 2.14 bits per heavy atom. The maximum Gasteiger partial charge on any atom is 0.125 e. The third kappa shape index (κ3) is 2.62. The molecule has 0 spiro atoms. The topological polar surface area (TPSA) is 47.6 Å². The summed E-state index contributed by atoms with van der Waals surface area (Å²) < 4.78 is 5.03. The molecule has 0 aliphatic heterocycles. The van der Waals surface area contributed by atoms with Crippen molar-refractivity contribution in [1.82, 2.24) is 0 Å². The lowest BCUT2D eigenvalue weighted by atomic mass is 10.2. The van der Waals surface area contributed by atoms with Crippen molar-refractivity contribution in [3.05, 3.63) is 42.5 Å². The largest absolute Gasteiger partial charge is 0.497 e. The molecule has 14 heavy (non-hydrogen) atoms. The average Bonchev–Trinajstić information content (AvgIpc) is 2.26. The van der Waals surface area contributed by atoms with Crippen LogP contribution in [0.1, 0.15) is 5.56 Å². The van der Waals surface area contributed by atoms with Gasteiger partial charge in [0.15, 0.2) is 0 Å². The molecule has 3 heteroatoms. The van der Waals surface area contributed by atoms with E-state index in [1.165, 1.54) is 0 Å². The van der Waals surface area contributed by atoms with Crippen LogP contribution in [0.15, 0.2) is 41.9 Å². The van der Waals surface area contributed by atoms with Crippen LogP contribution < -0.4 is 10.5 Å². The highest BCUT2D eigenvalue weighted by Crippen LogP contribution is 2.10. The lowest BCUT2D eigenvalue weighted by molar-refractivity contribution is 0.415. The molecule has 0 bridgehead atoms. The van der Waals surface area contributed by atoms with Crippen LogP contribution in [0, 0.1) is 0 Å². The van der Waals surface area contributed by atoms with Crippen LogP contribution in [-0.2, 0) is 0 Å². The number of ether oxygens (including phenoxy) is 1. The molecule has 1 aromatic carbocycles. The highest BCUT2D eigenvalue weighted by atomic mass is 16.5. The summed E-state index contributed by atoms with van der Waals surface area (Å²) >= 11 is 0. The van der Waals surface area contributed by atoms with Crippen LogP contribution in [0.2, 0.25) is 0 Å². The van der Waals surface area contributed by atoms with Gasteiger partial charge in [-0.05, 0) is 24.3 Å². The molecule has 0 saturated heterocycles. The van der Waals surface area contributed by atoms with Crippen LogP contribution in [-0.4, -0.2) is 19.5 Å². The minimum Gasteiger partial charge on any atom is -0.497 e. The quantitative estimate of drug-likeness (QED) is 0.445. The van der Waals surface area contributed by atoms with E-state index in [9.17, 15) is 0 Å². The van der Waals surface area contributed by atoms with Crippen molar-refractivity contribution in [2.75, 3.05) is 13.7 Å². The third-order valence-electron chi connectivity index (χ3n) is 1.78. The van der Waals surface area contributed by atoms with E-state index in [0.717, 1.165) is 11.3 Å². The van der Waals surface area contributed by atoms with Gasteiger partial charge in [0.25, 0.3) is 0 Å². The van der Waals surface area contributed by atoms with Crippen molar-refractivity contribution in [2.45, 2.75) is 0 Å². The summed E-state index contributed by atoms with van der Waals surface area (Å²) in [5, 5.41) is 0. The molecule has 0 saturated carbocycles. The zero-order chi connectivity index (χ0) is 10.4. The summed E-state index contributed by atoms with van der Waals surface area (Å²) in [5.74, 6) is 1.33. The van der Waals surface area contributed by atoms with Crippen LogP contribution in [0.5, 0.6) is 5.75 Å². The maximum atomic E-state index is 5.73. The summed E-state index contributed by atoms with van der Waals surface area (Å²) in [5.41, 5.74) is 6.63. The van der Waals surface area contributed by atoms with Crippen LogP contribution in [0.4, 0.5) is 0 Å². The number of amidine groups is 1. The molecule has 0 fully saturated rings. The van der Waals surface area contributed by atoms with E-state index in [2.05, 4.69) is 11.6 Å². The summed E-state index contributed by atoms with van der Waals surface area (Å²) in [6.07, 6.45) is 1.70. The Morgan fingerprint density at radius 1 is 1.50 bits per heavy atom. The first-order chi connectivity index (χ1) is 6.77. The summed E-state index contributed by atoms with van der Waals surface area (Å²) in [7, 11) is 1.63. The molecule has 1 rings (SSSR count). The average molecular weight is 190 g/mol. The molecule has 0 aliphatic carbocycles. The van der Waals surface area contributed by atoms with Gasteiger partial charge in [-0.1, -0.05) is 6.08 Å². The minimum atomic E-state index is 0.521. The summed E-state index contributed by atoms with van der Waals surface area (Å²) in [4.78, 5) is 4.10. The minimum absolute atomic E-state index is 0.521. The van der Waals surface area contributed by atoms with Gasteiger partial charge in [-0.15, -0.1) is 6.58 Å². The molecule has 0 aliphatic rings. The normalized spacial score (nSPS) is 11.1. The number of aliphatic imine (C=N–C) groups is 1. The van der Waals surface area contributed by atoms with Gasteiger partial charge in [0.05, 0.1) is 13.7 Å². The number of nitrogens with two attached hydrogens (primary N) is 1. The zero-order valence-corrected chi connectivity index (χ0v) is 8.23. The van der Waals surface area contributed by atoms with E-state index in [0.29, 0.717) is 12.4 Å². The number of benzene rings is 1. The standard InChI is InChI=1S/C11H14N2O/c1-3-8-13-11(12)9-4-6-10(14-2)7-5-9/h3-7H,1,8H2,2H3,(H2,12,13). The highest BCUT2D eigenvalue weighted by Gasteiger charge is 1.97. The molecule has 2 N–H and O–H groups in total. The van der Waals surface area contributed by atoms with E-state index < -0.39 is 0 Å². The van der Waals surface area contributed by atoms with E-state index in [1.807, 2.05) is 24.3 Å². The highest BCUT2D eigenvalue weighted by molar-refractivity contribution is 5.97. The first-order valence-electron chi connectivity index (χ1n) is 4.33. The van der Waals surface area contributed by atoms with Crippen molar-refractivity contribution < 1.29 is 4.74 Å². The van der Waals surface area contributed by atoms with Crippen molar-refractivity contribution in [3.8, 4) is 5.75 Å². The number of nitrogens with zero attached hydrogens (tertiary/aromatic N) is 1. The van der Waals surface area contributed by atoms with Crippen molar-refractivity contribution >= 4 is 5.84 Å². The Morgan fingerprint density at radius 3 is 2.64 bits per heavy atom. The smallest absolute Gasteiger partial charge is 0.125 e.